The summed E-state index contributed by atoms with van der Waals surface area (Å²) < 4.78 is 15.1. The lowest BCUT2D eigenvalue weighted by atomic mass is 10.2. The Labute approximate surface area is 158 Å². The first-order valence-electron chi connectivity index (χ1n) is 7.70. The Kier molecular flexibility index (Phi) is 5.29. The summed E-state index contributed by atoms with van der Waals surface area (Å²) in [6.07, 6.45) is 0. The van der Waals surface area contributed by atoms with E-state index in [2.05, 4.69) is 10.3 Å². The van der Waals surface area contributed by atoms with Crippen molar-refractivity contribution in [2.45, 2.75) is 12.1 Å². The molecule has 1 amide bonds. The molecule has 1 aromatic heterocycles. The van der Waals surface area contributed by atoms with Crippen LogP contribution >= 0.6 is 23.4 Å². The molecule has 0 atom stereocenters. The Bertz CT molecular complexity index is 1070. The third-order valence-electron chi connectivity index (χ3n) is 3.72. The van der Waals surface area contributed by atoms with Crippen molar-refractivity contribution in [3.63, 3.8) is 0 Å². The molecule has 0 saturated heterocycles. The molecule has 0 aliphatic heterocycles. The number of halogens is 2. The van der Waals surface area contributed by atoms with Crippen LogP contribution in [-0.2, 0) is 11.8 Å². The molecular weight excluding hydrogens is 377 g/mol. The van der Waals surface area contributed by atoms with E-state index < -0.39 is 11.7 Å². The van der Waals surface area contributed by atoms with Gasteiger partial charge in [0.25, 0.3) is 5.56 Å². The van der Waals surface area contributed by atoms with Gasteiger partial charge in [0.05, 0.1) is 22.3 Å². The monoisotopic (exact) mass is 391 g/mol. The zero-order valence-corrected chi connectivity index (χ0v) is 15.6. The molecule has 8 heteroatoms. The van der Waals surface area contributed by atoms with Crippen molar-refractivity contribution < 1.29 is 9.18 Å². The lowest BCUT2D eigenvalue weighted by Gasteiger charge is -2.10. The fourth-order valence-corrected chi connectivity index (χ4v) is 3.35. The molecule has 26 heavy (non-hydrogen) atoms. The molecule has 1 heterocycles. The summed E-state index contributed by atoms with van der Waals surface area (Å²) in [5.41, 5.74) is 1.38. The fourth-order valence-electron chi connectivity index (χ4n) is 2.40. The highest BCUT2D eigenvalue weighted by Gasteiger charge is 2.12. The van der Waals surface area contributed by atoms with Gasteiger partial charge in [0.2, 0.25) is 5.91 Å². The predicted molar refractivity (Wildman–Crippen MR) is 102 cm³/mol. The second-order valence-electron chi connectivity index (χ2n) is 5.74. The highest BCUT2D eigenvalue weighted by molar-refractivity contribution is 7.99. The van der Waals surface area contributed by atoms with E-state index in [1.165, 1.54) is 22.8 Å². The maximum absolute atomic E-state index is 13.7. The van der Waals surface area contributed by atoms with E-state index in [1.807, 2.05) is 13.0 Å². The molecule has 0 bridgehead atoms. The number of aromatic nitrogens is 2. The van der Waals surface area contributed by atoms with E-state index in [-0.39, 0.29) is 17.0 Å². The van der Waals surface area contributed by atoms with Crippen LogP contribution in [-0.4, -0.2) is 21.2 Å². The number of nitrogens with zero attached hydrogens (tertiary/aromatic N) is 2. The summed E-state index contributed by atoms with van der Waals surface area (Å²) in [7, 11) is 1.61. The summed E-state index contributed by atoms with van der Waals surface area (Å²) >= 11 is 6.91. The number of fused-ring (bicyclic) bond motifs is 1. The van der Waals surface area contributed by atoms with E-state index >= 15 is 0 Å². The van der Waals surface area contributed by atoms with Crippen LogP contribution in [0.15, 0.2) is 46.3 Å². The normalized spacial score (nSPS) is 10.9. The van der Waals surface area contributed by atoms with Crippen molar-refractivity contribution in [2.75, 3.05) is 11.1 Å². The summed E-state index contributed by atoms with van der Waals surface area (Å²) in [4.78, 5) is 29.0. The molecule has 134 valence electrons. The lowest BCUT2D eigenvalue weighted by Crippen LogP contribution is -2.21. The average Bonchev–Trinajstić information content (AvgIpc) is 2.60. The Hall–Kier alpha value is -2.38. The number of aryl methyl sites for hydroxylation is 1. The van der Waals surface area contributed by atoms with Gasteiger partial charge < -0.3 is 5.32 Å². The molecule has 5 nitrogen and oxygen atoms in total. The number of benzene rings is 2. The van der Waals surface area contributed by atoms with Gasteiger partial charge in [0.15, 0.2) is 5.16 Å². The first-order valence-corrected chi connectivity index (χ1v) is 9.06. The molecular formula is C18H15ClFN3O2S. The second-order valence-corrected chi connectivity index (χ2v) is 7.12. The highest BCUT2D eigenvalue weighted by atomic mass is 35.5. The minimum atomic E-state index is -0.570. The molecule has 0 fully saturated rings. The number of amides is 1. The SMILES string of the molecule is Cc1ccc2nc(SCC(=O)Nc3cc(Cl)ccc3F)n(C)c(=O)c2c1. The predicted octanol–water partition coefficient (Wildman–Crippen LogP) is 3.77. The van der Waals surface area contributed by atoms with Crippen molar-refractivity contribution in [1.82, 2.24) is 9.55 Å². The summed E-state index contributed by atoms with van der Waals surface area (Å²) in [5.74, 6) is -1.02. The maximum atomic E-state index is 13.7. The second kappa shape index (κ2) is 7.47. The Morgan fingerprint density at radius 3 is 2.85 bits per heavy atom. The van der Waals surface area contributed by atoms with Crippen molar-refractivity contribution in [3.05, 3.63) is 63.2 Å². The first kappa shape index (κ1) is 18.4. The molecule has 3 rings (SSSR count). The van der Waals surface area contributed by atoms with E-state index in [9.17, 15) is 14.0 Å². The van der Waals surface area contributed by atoms with Gasteiger partial charge in [-0.2, -0.15) is 0 Å². The molecule has 0 aliphatic carbocycles. The van der Waals surface area contributed by atoms with Crippen LogP contribution in [0.4, 0.5) is 10.1 Å². The van der Waals surface area contributed by atoms with Crippen molar-refractivity contribution in [2.24, 2.45) is 7.05 Å². The van der Waals surface area contributed by atoms with Gasteiger partial charge in [-0.15, -0.1) is 0 Å². The third-order valence-corrected chi connectivity index (χ3v) is 4.99. The largest absolute Gasteiger partial charge is 0.323 e. The number of rotatable bonds is 4. The minimum absolute atomic E-state index is 0.0129. The molecule has 0 spiro atoms. The molecule has 0 radical (unpaired) electrons. The minimum Gasteiger partial charge on any atom is -0.323 e. The van der Waals surface area contributed by atoms with Gasteiger partial charge in [-0.3, -0.25) is 14.2 Å². The smallest absolute Gasteiger partial charge is 0.261 e. The Morgan fingerprint density at radius 1 is 1.31 bits per heavy atom. The number of anilines is 1. The van der Waals surface area contributed by atoms with Gasteiger partial charge in [0.1, 0.15) is 5.82 Å². The molecule has 0 aliphatic rings. The van der Waals surface area contributed by atoms with Crippen molar-refractivity contribution in [3.8, 4) is 0 Å². The van der Waals surface area contributed by atoms with Crippen LogP contribution in [0.1, 0.15) is 5.56 Å². The standard InChI is InChI=1S/C18H15ClFN3O2S/c1-10-3-6-14-12(7-10)17(25)23(2)18(22-14)26-9-16(24)21-15-8-11(19)4-5-13(15)20/h3-8H,9H2,1-2H3,(H,21,24). The number of nitrogens with one attached hydrogen (secondary N) is 1. The Balaban J connectivity index is 1.78. The maximum Gasteiger partial charge on any atom is 0.261 e. The first-order chi connectivity index (χ1) is 12.3. The molecule has 0 saturated carbocycles. The van der Waals surface area contributed by atoms with Crippen LogP contribution in [0.2, 0.25) is 5.02 Å². The molecule has 0 unspecified atom stereocenters. The van der Waals surface area contributed by atoms with Crippen LogP contribution in [0.25, 0.3) is 10.9 Å². The van der Waals surface area contributed by atoms with Gasteiger partial charge in [-0.05, 0) is 37.3 Å². The number of hydrogen-bond donors (Lipinski definition) is 1. The van der Waals surface area contributed by atoms with Crippen molar-refractivity contribution >= 4 is 45.9 Å². The zero-order chi connectivity index (χ0) is 18.8. The highest BCUT2D eigenvalue weighted by Crippen LogP contribution is 2.21. The number of thioether (sulfide) groups is 1. The van der Waals surface area contributed by atoms with Crippen LogP contribution in [0.5, 0.6) is 0 Å². The van der Waals surface area contributed by atoms with E-state index in [0.717, 1.165) is 17.3 Å². The molecule has 2 aromatic carbocycles. The molecule has 3 aromatic rings. The van der Waals surface area contributed by atoms with Gasteiger partial charge >= 0.3 is 0 Å². The summed E-state index contributed by atoms with van der Waals surface area (Å²) in [6, 6.07) is 9.36. The van der Waals surface area contributed by atoms with Crippen LogP contribution < -0.4 is 10.9 Å². The fraction of sp³-hybridized carbons (Fsp3) is 0.167. The van der Waals surface area contributed by atoms with Gasteiger partial charge in [0, 0.05) is 12.1 Å². The lowest BCUT2D eigenvalue weighted by molar-refractivity contribution is -0.113. The average molecular weight is 392 g/mol. The number of hydrogen-bond acceptors (Lipinski definition) is 4. The molecule has 1 N–H and O–H groups in total. The summed E-state index contributed by atoms with van der Waals surface area (Å²) in [5, 5.41) is 3.73. The van der Waals surface area contributed by atoms with Gasteiger partial charge in [-0.25, -0.2) is 9.37 Å². The topological polar surface area (TPSA) is 64.0 Å². The number of carbonyl (C=O) groups excluding carboxylic acids is 1. The van der Waals surface area contributed by atoms with E-state index in [0.29, 0.717) is 21.1 Å². The van der Waals surface area contributed by atoms with E-state index in [1.54, 1.807) is 19.2 Å². The van der Waals surface area contributed by atoms with Gasteiger partial charge in [-0.1, -0.05) is 35.0 Å². The Morgan fingerprint density at radius 2 is 2.08 bits per heavy atom. The van der Waals surface area contributed by atoms with Crippen molar-refractivity contribution in [1.29, 1.82) is 0 Å². The number of carbonyl (C=O) groups is 1. The third kappa shape index (κ3) is 3.89. The van der Waals surface area contributed by atoms with Crippen LogP contribution in [0, 0.1) is 12.7 Å². The summed E-state index contributed by atoms with van der Waals surface area (Å²) in [6.45, 7) is 1.90. The van der Waals surface area contributed by atoms with E-state index in [4.69, 9.17) is 11.6 Å². The van der Waals surface area contributed by atoms with Crippen LogP contribution in [0.3, 0.4) is 0 Å². The quantitative estimate of drug-likeness (QED) is 0.543. The zero-order valence-electron chi connectivity index (χ0n) is 14.0.